The lowest BCUT2D eigenvalue weighted by molar-refractivity contribution is -0.143. The Labute approximate surface area is 355 Å². The molecule has 0 bridgehead atoms. The number of nitrogens with two attached hydrogens (primary N) is 3. The third-order valence-electron chi connectivity index (χ3n) is 8.57. The van der Waals surface area contributed by atoms with Crippen molar-refractivity contribution < 1.29 is 53.7 Å². The van der Waals surface area contributed by atoms with Crippen LogP contribution in [0.15, 0.2) is 9.98 Å². The highest BCUT2D eigenvalue weighted by Crippen LogP contribution is 2.09. The van der Waals surface area contributed by atoms with E-state index in [0.29, 0.717) is 18.9 Å². The highest BCUT2D eigenvalue weighted by atomic mass is 16.4. The molecule has 6 atom stereocenters. The minimum absolute atomic E-state index is 0.00231. The number of aliphatic carboxylic acids is 1. The van der Waals surface area contributed by atoms with Gasteiger partial charge in [-0.3, -0.25) is 43.5 Å². The second-order valence-electron chi connectivity index (χ2n) is 14.7. The number of nitrogens with zero attached hydrogens (tertiary/aromatic N) is 2. The molecule has 0 rings (SSSR count). The van der Waals surface area contributed by atoms with E-state index >= 15 is 0 Å². The zero-order chi connectivity index (χ0) is 46.7. The van der Waals surface area contributed by atoms with E-state index in [-0.39, 0.29) is 63.0 Å². The molecule has 0 aliphatic carbocycles. The summed E-state index contributed by atoms with van der Waals surface area (Å²) < 4.78 is 0. The van der Waals surface area contributed by atoms with E-state index in [2.05, 4.69) is 57.8 Å². The van der Waals surface area contributed by atoms with E-state index in [4.69, 9.17) is 17.2 Å². The molecule has 25 heteroatoms. The van der Waals surface area contributed by atoms with Gasteiger partial charge < -0.3 is 80.4 Å². The minimum Gasteiger partial charge on any atom is -0.480 e. The quantitative estimate of drug-likeness (QED) is 0.0189. The van der Waals surface area contributed by atoms with Crippen LogP contribution in [0.4, 0.5) is 0 Å². The van der Waals surface area contributed by atoms with Crippen molar-refractivity contribution >= 4 is 59.2 Å². The number of nitrogens with one attached hydrogen (secondary N) is 9. The van der Waals surface area contributed by atoms with Crippen molar-refractivity contribution in [2.45, 2.75) is 102 Å². The van der Waals surface area contributed by atoms with E-state index in [1.807, 2.05) is 0 Å². The molecule has 18 N–H and O–H groups in total. The van der Waals surface area contributed by atoms with Gasteiger partial charge in [-0.05, 0) is 50.4 Å². The fourth-order valence-electron chi connectivity index (χ4n) is 5.49. The zero-order valence-electron chi connectivity index (χ0n) is 35.8. The molecule has 0 aliphatic heterocycles. The number of rotatable bonds is 29. The molecule has 0 spiro atoms. The standard InChI is InChI=1S/C36H68N14O11/c1-19(2)13-23(46-28(54)16-44-29(55)21(45-27(53)15-37)9-7-12-43-36(40-5)41-6)30(56)49-26(18-52)33(59)48-24(14-20(3)4)31(57)50-25(17-51)32(58)47-22(34(60)61)10-8-11-42-35(38)39/h19-26,51-52H,7-18,37H2,1-6H3,(H,44,55)(H,45,53)(H,46,54)(H,47,58)(H,48,59)(H,49,56)(H,50,57)(H,60,61)(H4,38,39,42)(H2,40,41,43)/t21-,22-,23-,24-,25-,26-/m0/s1. The Kier molecular flexibility index (Phi) is 27.4. The van der Waals surface area contributed by atoms with Crippen LogP contribution in [-0.4, -0.2) is 164 Å². The van der Waals surface area contributed by atoms with Crippen molar-refractivity contribution in [2.75, 3.05) is 53.5 Å². The maximum atomic E-state index is 13.4. The first kappa shape index (κ1) is 55.2. The Bertz CT molecular complexity index is 1510. The van der Waals surface area contributed by atoms with Crippen LogP contribution in [0.25, 0.3) is 0 Å². The summed E-state index contributed by atoms with van der Waals surface area (Å²) in [5, 5.41) is 52.2. The molecule has 0 aromatic heterocycles. The van der Waals surface area contributed by atoms with Gasteiger partial charge in [0, 0.05) is 27.2 Å². The van der Waals surface area contributed by atoms with Crippen molar-refractivity contribution in [3.63, 3.8) is 0 Å². The van der Waals surface area contributed by atoms with Crippen molar-refractivity contribution in [1.82, 2.24) is 47.9 Å². The fourth-order valence-corrected chi connectivity index (χ4v) is 5.49. The maximum absolute atomic E-state index is 13.4. The Morgan fingerprint density at radius 3 is 1.51 bits per heavy atom. The number of hydrogen-bond acceptors (Lipinski definition) is 13. The van der Waals surface area contributed by atoms with Crippen molar-refractivity contribution in [2.24, 2.45) is 39.0 Å². The molecule has 0 radical (unpaired) electrons. The molecule has 0 aromatic rings. The SMILES string of the molecule is CN=C(NC)NCCC[C@H](NC(=O)CN)C(=O)NCC(=O)N[C@@H](CC(C)C)C(=O)N[C@@H](CO)C(=O)N[C@@H](CC(C)C)C(=O)N[C@@H](CO)C(=O)N[C@@H](CCCN=C(N)N)C(=O)O. The number of carbonyl (C=O) groups excluding carboxylic acids is 7. The van der Waals surface area contributed by atoms with Gasteiger partial charge in [0.15, 0.2) is 11.9 Å². The molecule has 61 heavy (non-hydrogen) atoms. The van der Waals surface area contributed by atoms with Gasteiger partial charge in [-0.1, -0.05) is 27.7 Å². The van der Waals surface area contributed by atoms with E-state index in [1.165, 1.54) is 0 Å². The summed E-state index contributed by atoms with van der Waals surface area (Å²) >= 11 is 0. The number of amides is 7. The second kappa shape index (κ2) is 30.2. The van der Waals surface area contributed by atoms with Gasteiger partial charge in [0.25, 0.3) is 0 Å². The molecule has 348 valence electrons. The average molecular weight is 873 g/mol. The number of aliphatic imine (C=N–C) groups is 2. The summed E-state index contributed by atoms with van der Waals surface area (Å²) in [5.41, 5.74) is 15.9. The molecule has 25 nitrogen and oxygen atoms in total. The first-order chi connectivity index (χ1) is 28.7. The molecule has 0 unspecified atom stereocenters. The lowest BCUT2D eigenvalue weighted by Crippen LogP contribution is -2.60. The Balaban J connectivity index is 5.73. The number of guanidine groups is 2. The molecule has 0 fully saturated rings. The van der Waals surface area contributed by atoms with Crippen LogP contribution in [0.3, 0.4) is 0 Å². The van der Waals surface area contributed by atoms with Crippen molar-refractivity contribution in [1.29, 1.82) is 0 Å². The van der Waals surface area contributed by atoms with Gasteiger partial charge in [0.05, 0.1) is 26.3 Å². The number of aliphatic hydroxyl groups excluding tert-OH is 2. The Morgan fingerprint density at radius 1 is 0.607 bits per heavy atom. The van der Waals surface area contributed by atoms with Gasteiger partial charge in [-0.25, -0.2) is 4.79 Å². The number of carbonyl (C=O) groups is 8. The van der Waals surface area contributed by atoms with Gasteiger partial charge in [0.1, 0.15) is 36.3 Å². The third kappa shape index (κ3) is 23.5. The molecule has 7 amide bonds. The molecular weight excluding hydrogens is 804 g/mol. The van der Waals surface area contributed by atoms with E-state index < -0.39 is 103 Å². The first-order valence-electron chi connectivity index (χ1n) is 19.9. The highest BCUT2D eigenvalue weighted by molar-refractivity contribution is 5.97. The Hall–Kier alpha value is -5.82. The average Bonchev–Trinajstić information content (AvgIpc) is 3.19. The number of carboxylic acids is 1. The molecule has 0 aliphatic rings. The molecule has 0 aromatic carbocycles. The zero-order valence-corrected chi connectivity index (χ0v) is 35.8. The summed E-state index contributed by atoms with van der Waals surface area (Å²) in [7, 11) is 3.26. The van der Waals surface area contributed by atoms with Gasteiger partial charge in [0.2, 0.25) is 41.4 Å². The van der Waals surface area contributed by atoms with Crippen LogP contribution in [-0.2, 0) is 38.4 Å². The monoisotopic (exact) mass is 873 g/mol. The van der Waals surface area contributed by atoms with Gasteiger partial charge in [-0.15, -0.1) is 0 Å². The van der Waals surface area contributed by atoms with Crippen LogP contribution in [0, 0.1) is 11.8 Å². The van der Waals surface area contributed by atoms with Gasteiger partial charge >= 0.3 is 5.97 Å². The third-order valence-corrected chi connectivity index (χ3v) is 8.57. The largest absolute Gasteiger partial charge is 0.480 e. The minimum atomic E-state index is -1.62. The van der Waals surface area contributed by atoms with Gasteiger partial charge in [-0.2, -0.15) is 0 Å². The molecule has 0 heterocycles. The van der Waals surface area contributed by atoms with Crippen molar-refractivity contribution in [3.05, 3.63) is 0 Å². The predicted octanol–water partition coefficient (Wildman–Crippen LogP) is -6.24. The second-order valence-corrected chi connectivity index (χ2v) is 14.7. The fraction of sp³-hybridized carbons (Fsp3) is 0.722. The normalized spacial score (nSPS) is 14.2. The molecule has 0 saturated carbocycles. The summed E-state index contributed by atoms with van der Waals surface area (Å²) in [6.45, 7) is 4.67. The smallest absolute Gasteiger partial charge is 0.326 e. The van der Waals surface area contributed by atoms with Crippen molar-refractivity contribution in [3.8, 4) is 0 Å². The lowest BCUT2D eigenvalue weighted by Gasteiger charge is -2.27. The summed E-state index contributed by atoms with van der Waals surface area (Å²) in [6.07, 6.45) is 0.795. The maximum Gasteiger partial charge on any atom is 0.326 e. The van der Waals surface area contributed by atoms with Crippen LogP contribution in [0.2, 0.25) is 0 Å². The topological polar surface area (TPSA) is 408 Å². The molecular formula is C36H68N14O11. The predicted molar refractivity (Wildman–Crippen MR) is 224 cm³/mol. The van der Waals surface area contributed by atoms with E-state index in [1.54, 1.807) is 41.8 Å². The number of aliphatic hydroxyl groups is 2. The summed E-state index contributed by atoms with van der Waals surface area (Å²) in [6, 6.07) is -8.28. The van der Waals surface area contributed by atoms with Crippen LogP contribution < -0.4 is 65.1 Å². The van der Waals surface area contributed by atoms with Crippen LogP contribution >= 0.6 is 0 Å². The number of hydrogen-bond donors (Lipinski definition) is 15. The first-order valence-corrected chi connectivity index (χ1v) is 19.9. The van der Waals surface area contributed by atoms with Crippen LogP contribution in [0.1, 0.15) is 66.2 Å². The molecule has 0 saturated heterocycles. The van der Waals surface area contributed by atoms with Crippen LogP contribution in [0.5, 0.6) is 0 Å². The Morgan fingerprint density at radius 2 is 1.07 bits per heavy atom. The van der Waals surface area contributed by atoms with E-state index in [9.17, 15) is 53.7 Å². The highest BCUT2D eigenvalue weighted by Gasteiger charge is 2.33. The summed E-state index contributed by atoms with van der Waals surface area (Å²) in [4.78, 5) is 111. The number of carboxylic acid groups (broad SMARTS) is 1. The summed E-state index contributed by atoms with van der Waals surface area (Å²) in [5.74, 6) is -7.30. The lowest BCUT2D eigenvalue weighted by atomic mass is 10.0. The van der Waals surface area contributed by atoms with E-state index in [0.717, 1.165) is 0 Å².